The fraction of sp³-hybridized carbons (Fsp3) is 0.429. The topological polar surface area (TPSA) is 87.5 Å². The van der Waals surface area contributed by atoms with E-state index in [-0.39, 0.29) is 12.5 Å². The Bertz CT molecular complexity index is 550. The Morgan fingerprint density at radius 1 is 1.52 bits per heavy atom. The summed E-state index contributed by atoms with van der Waals surface area (Å²) in [5.41, 5.74) is 7.19. The van der Waals surface area contributed by atoms with Gasteiger partial charge in [0.05, 0.1) is 12.2 Å². The van der Waals surface area contributed by atoms with Crippen molar-refractivity contribution in [1.29, 1.82) is 0 Å². The summed E-state index contributed by atoms with van der Waals surface area (Å²) in [5.74, 6) is -0.570. The molecule has 2 amide bonds. The van der Waals surface area contributed by atoms with Crippen molar-refractivity contribution < 1.29 is 9.59 Å². The average Bonchev–Trinajstić information content (AvgIpc) is 2.42. The molecule has 1 aromatic rings. The summed E-state index contributed by atoms with van der Waals surface area (Å²) in [6.45, 7) is 3.97. The molecule has 1 aliphatic heterocycles. The van der Waals surface area contributed by atoms with Gasteiger partial charge in [0.1, 0.15) is 6.04 Å². The van der Waals surface area contributed by atoms with Gasteiger partial charge in [-0.25, -0.2) is 0 Å². The van der Waals surface area contributed by atoms with Crippen molar-refractivity contribution in [3.8, 4) is 0 Å². The number of hydrogen-bond acceptors (Lipinski definition) is 4. The molecule has 1 saturated heterocycles. The van der Waals surface area contributed by atoms with Gasteiger partial charge < -0.3 is 16.4 Å². The number of piperazine rings is 1. The highest BCUT2D eigenvalue weighted by atomic mass is 79.9. The van der Waals surface area contributed by atoms with Gasteiger partial charge in [-0.2, -0.15) is 0 Å². The van der Waals surface area contributed by atoms with Crippen LogP contribution in [-0.4, -0.2) is 48.9 Å². The molecular formula is C14H19BrN4O2. The highest BCUT2D eigenvalue weighted by Gasteiger charge is 2.28. The minimum atomic E-state index is -0.439. The molecule has 1 fully saturated rings. The summed E-state index contributed by atoms with van der Waals surface area (Å²) in [6, 6.07) is 5.27. The number of carbonyl (C=O) groups is 2. The van der Waals surface area contributed by atoms with Crippen LogP contribution in [0.4, 0.5) is 5.69 Å². The lowest BCUT2D eigenvalue weighted by Gasteiger charge is -2.33. The molecule has 1 atom stereocenters. The first-order valence-corrected chi connectivity index (χ1v) is 7.57. The number of amides is 2. The van der Waals surface area contributed by atoms with Gasteiger partial charge in [0.15, 0.2) is 0 Å². The molecular weight excluding hydrogens is 336 g/mol. The maximum absolute atomic E-state index is 12.1. The fourth-order valence-corrected chi connectivity index (χ4v) is 2.90. The lowest BCUT2D eigenvalue weighted by Crippen LogP contribution is -2.58. The molecule has 0 aromatic heterocycles. The number of benzene rings is 1. The number of aryl methyl sites for hydroxylation is 1. The van der Waals surface area contributed by atoms with E-state index in [2.05, 4.69) is 26.6 Å². The van der Waals surface area contributed by atoms with Crippen molar-refractivity contribution >= 4 is 33.4 Å². The zero-order chi connectivity index (χ0) is 15.4. The quantitative estimate of drug-likeness (QED) is 0.732. The maximum atomic E-state index is 12.1. The first-order valence-electron chi connectivity index (χ1n) is 6.77. The summed E-state index contributed by atoms with van der Waals surface area (Å²) in [6.07, 6.45) is 0. The monoisotopic (exact) mass is 354 g/mol. The summed E-state index contributed by atoms with van der Waals surface area (Å²) >= 11 is 3.42. The predicted octanol–water partition coefficient (Wildman–Crippen LogP) is 0.455. The van der Waals surface area contributed by atoms with Gasteiger partial charge >= 0.3 is 0 Å². The fourth-order valence-electron chi connectivity index (χ4n) is 2.31. The van der Waals surface area contributed by atoms with E-state index in [1.807, 2.05) is 25.1 Å². The van der Waals surface area contributed by atoms with E-state index >= 15 is 0 Å². The number of primary amides is 1. The van der Waals surface area contributed by atoms with E-state index in [1.54, 1.807) is 4.90 Å². The smallest absolute Gasteiger partial charge is 0.238 e. The largest absolute Gasteiger partial charge is 0.368 e. The molecule has 1 unspecified atom stereocenters. The van der Waals surface area contributed by atoms with Crippen LogP contribution in [-0.2, 0) is 9.59 Å². The van der Waals surface area contributed by atoms with Gasteiger partial charge in [-0.15, -0.1) is 0 Å². The van der Waals surface area contributed by atoms with Gasteiger partial charge in [0, 0.05) is 24.1 Å². The Morgan fingerprint density at radius 3 is 2.95 bits per heavy atom. The number of anilines is 1. The number of carbonyl (C=O) groups excluding carboxylic acids is 2. The van der Waals surface area contributed by atoms with Crippen molar-refractivity contribution in [3.05, 3.63) is 28.2 Å². The number of rotatable bonds is 4. The van der Waals surface area contributed by atoms with Crippen molar-refractivity contribution in [2.45, 2.75) is 13.0 Å². The van der Waals surface area contributed by atoms with Crippen LogP contribution in [0.5, 0.6) is 0 Å². The third-order valence-corrected chi connectivity index (χ3v) is 4.08. The van der Waals surface area contributed by atoms with E-state index in [0.717, 1.165) is 22.3 Å². The van der Waals surface area contributed by atoms with E-state index in [1.165, 1.54) is 0 Å². The molecule has 7 heteroatoms. The lowest BCUT2D eigenvalue weighted by atomic mass is 10.2. The molecule has 4 N–H and O–H groups in total. The highest BCUT2D eigenvalue weighted by molar-refractivity contribution is 9.10. The van der Waals surface area contributed by atoms with Crippen molar-refractivity contribution in [2.75, 3.05) is 31.5 Å². The first kappa shape index (κ1) is 15.9. The minimum Gasteiger partial charge on any atom is -0.368 e. The number of nitrogens with one attached hydrogen (secondary N) is 2. The van der Waals surface area contributed by atoms with Crippen LogP contribution < -0.4 is 16.4 Å². The summed E-state index contributed by atoms with van der Waals surface area (Å²) < 4.78 is 0.836. The molecule has 1 aliphatic rings. The van der Waals surface area contributed by atoms with Crippen molar-refractivity contribution in [1.82, 2.24) is 10.2 Å². The lowest BCUT2D eigenvalue weighted by molar-refractivity contribution is -0.125. The van der Waals surface area contributed by atoms with Crippen LogP contribution in [0.25, 0.3) is 0 Å². The third kappa shape index (κ3) is 4.26. The molecule has 1 heterocycles. The van der Waals surface area contributed by atoms with E-state index in [0.29, 0.717) is 13.1 Å². The van der Waals surface area contributed by atoms with Gasteiger partial charge in [-0.3, -0.25) is 14.5 Å². The Morgan fingerprint density at radius 2 is 2.29 bits per heavy atom. The number of halogens is 1. The Kier molecular flexibility index (Phi) is 5.33. The van der Waals surface area contributed by atoms with Gasteiger partial charge in [-0.05, 0) is 40.5 Å². The predicted molar refractivity (Wildman–Crippen MR) is 84.9 cm³/mol. The summed E-state index contributed by atoms with van der Waals surface area (Å²) in [5, 5.41) is 5.95. The first-order chi connectivity index (χ1) is 9.97. The molecule has 114 valence electrons. The van der Waals surface area contributed by atoms with E-state index < -0.39 is 11.9 Å². The SMILES string of the molecule is Cc1ccc(NC(=O)CN2CCNCC2C(N)=O)c(Br)c1. The average molecular weight is 355 g/mol. The Labute approximate surface area is 132 Å². The second kappa shape index (κ2) is 7.02. The molecule has 6 nitrogen and oxygen atoms in total. The molecule has 21 heavy (non-hydrogen) atoms. The molecule has 0 spiro atoms. The maximum Gasteiger partial charge on any atom is 0.238 e. The number of nitrogens with two attached hydrogens (primary N) is 1. The van der Waals surface area contributed by atoms with Crippen molar-refractivity contribution in [3.63, 3.8) is 0 Å². The standard InChI is InChI=1S/C14H19BrN4O2/c1-9-2-3-11(10(15)6-9)18-13(20)8-19-5-4-17-7-12(19)14(16)21/h2-3,6,12,17H,4-5,7-8H2,1H3,(H2,16,21)(H,18,20). The van der Waals surface area contributed by atoms with Crippen molar-refractivity contribution in [2.24, 2.45) is 5.73 Å². The van der Waals surface area contributed by atoms with Crippen LogP contribution in [0.1, 0.15) is 5.56 Å². The molecule has 0 aliphatic carbocycles. The van der Waals surface area contributed by atoms with Gasteiger partial charge in [0.2, 0.25) is 11.8 Å². The molecule has 1 aromatic carbocycles. The normalized spacial score (nSPS) is 19.2. The summed E-state index contributed by atoms with van der Waals surface area (Å²) in [4.78, 5) is 25.3. The van der Waals surface area contributed by atoms with Crippen LogP contribution in [0.15, 0.2) is 22.7 Å². The minimum absolute atomic E-state index is 0.148. The highest BCUT2D eigenvalue weighted by Crippen LogP contribution is 2.23. The Balaban J connectivity index is 1.98. The Hall–Kier alpha value is -1.44. The second-order valence-corrected chi connectivity index (χ2v) is 5.98. The number of nitrogens with zero attached hydrogens (tertiary/aromatic N) is 1. The molecule has 0 saturated carbocycles. The molecule has 0 radical (unpaired) electrons. The summed E-state index contributed by atoms with van der Waals surface area (Å²) in [7, 11) is 0. The third-order valence-electron chi connectivity index (χ3n) is 3.43. The van der Waals surface area contributed by atoms with E-state index in [4.69, 9.17) is 5.73 Å². The van der Waals surface area contributed by atoms with E-state index in [9.17, 15) is 9.59 Å². The second-order valence-electron chi connectivity index (χ2n) is 5.12. The van der Waals surface area contributed by atoms with Gasteiger partial charge in [0.25, 0.3) is 0 Å². The van der Waals surface area contributed by atoms with Crippen LogP contribution >= 0.6 is 15.9 Å². The number of hydrogen-bond donors (Lipinski definition) is 3. The zero-order valence-electron chi connectivity index (χ0n) is 11.9. The molecule has 2 rings (SSSR count). The molecule has 0 bridgehead atoms. The zero-order valence-corrected chi connectivity index (χ0v) is 13.4. The van der Waals surface area contributed by atoms with Crippen LogP contribution in [0, 0.1) is 6.92 Å². The van der Waals surface area contributed by atoms with Crippen LogP contribution in [0.2, 0.25) is 0 Å². The van der Waals surface area contributed by atoms with Gasteiger partial charge in [-0.1, -0.05) is 6.07 Å². The van der Waals surface area contributed by atoms with Crippen LogP contribution in [0.3, 0.4) is 0 Å².